The molecule has 0 aliphatic carbocycles. The minimum Gasteiger partial charge on any atom is -0.496 e. The fourth-order valence-corrected chi connectivity index (χ4v) is 1.92. The molecule has 17 heavy (non-hydrogen) atoms. The number of allylic oxidation sites excluding steroid dienone is 2. The number of carboxylic acids is 1. The van der Waals surface area contributed by atoms with Gasteiger partial charge >= 0.3 is 5.97 Å². The van der Waals surface area contributed by atoms with Crippen LogP contribution in [0, 0.1) is 0 Å². The monoisotopic (exact) mass is 239 g/mol. The van der Waals surface area contributed by atoms with Crippen molar-refractivity contribution in [2.75, 3.05) is 13.3 Å². The van der Waals surface area contributed by atoms with Gasteiger partial charge in [0.2, 0.25) is 5.76 Å². The van der Waals surface area contributed by atoms with E-state index in [0.717, 1.165) is 37.3 Å². The highest BCUT2D eigenvalue weighted by molar-refractivity contribution is 5.85. The minimum atomic E-state index is -0.994. The molecule has 2 heterocycles. The Morgan fingerprint density at radius 3 is 3.12 bits per heavy atom. The van der Waals surface area contributed by atoms with Gasteiger partial charge in [-0.25, -0.2) is 4.79 Å². The van der Waals surface area contributed by atoms with Gasteiger partial charge in [0, 0.05) is 12.6 Å². The molecule has 0 amide bonds. The normalized spacial score (nSPS) is 18.6. The molecule has 0 aromatic rings. The van der Waals surface area contributed by atoms with Crippen LogP contribution < -0.4 is 0 Å². The molecule has 2 aliphatic heterocycles. The van der Waals surface area contributed by atoms with Crippen LogP contribution >= 0.6 is 0 Å². The lowest BCUT2D eigenvalue weighted by molar-refractivity contribution is -0.136. The van der Waals surface area contributed by atoms with Gasteiger partial charge < -0.3 is 19.5 Å². The van der Waals surface area contributed by atoms with E-state index >= 15 is 0 Å². The molecule has 0 radical (unpaired) electrons. The van der Waals surface area contributed by atoms with Gasteiger partial charge in [0.15, 0.2) is 6.73 Å². The molecule has 0 spiro atoms. The number of rotatable bonds is 5. The summed E-state index contributed by atoms with van der Waals surface area (Å²) in [6.45, 7) is 3.12. The van der Waals surface area contributed by atoms with Crippen LogP contribution in [0.25, 0.3) is 0 Å². The number of fused-ring (bicyclic) bond motifs is 1. The first-order valence-corrected chi connectivity index (χ1v) is 5.91. The number of aliphatic carboxylic acids is 1. The Morgan fingerprint density at radius 2 is 2.41 bits per heavy atom. The maximum Gasteiger partial charge on any atom is 0.373 e. The number of carbonyl (C=O) groups is 1. The highest BCUT2D eigenvalue weighted by Gasteiger charge is 2.30. The second-order valence-corrected chi connectivity index (χ2v) is 4.12. The molecule has 0 saturated carbocycles. The first-order valence-electron chi connectivity index (χ1n) is 5.91. The fraction of sp³-hybridized carbons (Fsp3) is 0.583. The van der Waals surface area contributed by atoms with Crippen LogP contribution in [0.1, 0.15) is 32.6 Å². The number of hydrogen-bond acceptors (Lipinski definition) is 4. The third-order valence-electron chi connectivity index (χ3n) is 2.84. The Kier molecular flexibility index (Phi) is 3.56. The second kappa shape index (κ2) is 5.12. The van der Waals surface area contributed by atoms with Crippen molar-refractivity contribution in [3.8, 4) is 0 Å². The average molecular weight is 239 g/mol. The third kappa shape index (κ3) is 2.54. The first kappa shape index (κ1) is 11.8. The van der Waals surface area contributed by atoms with Gasteiger partial charge in [0.25, 0.3) is 0 Å². The van der Waals surface area contributed by atoms with Crippen LogP contribution in [-0.4, -0.2) is 29.3 Å². The van der Waals surface area contributed by atoms with Crippen LogP contribution in [0.15, 0.2) is 23.4 Å². The summed E-state index contributed by atoms with van der Waals surface area (Å²) in [6.07, 6.45) is 5.41. The van der Waals surface area contributed by atoms with Crippen molar-refractivity contribution >= 4 is 5.97 Å². The van der Waals surface area contributed by atoms with Crippen LogP contribution in [0.2, 0.25) is 0 Å². The molecule has 0 aromatic heterocycles. The van der Waals surface area contributed by atoms with Gasteiger partial charge in [-0.2, -0.15) is 0 Å². The van der Waals surface area contributed by atoms with Crippen molar-refractivity contribution in [2.24, 2.45) is 0 Å². The van der Waals surface area contributed by atoms with Gasteiger partial charge in [0.1, 0.15) is 5.76 Å². The summed E-state index contributed by atoms with van der Waals surface area (Å²) in [5.74, 6) is -0.00227. The molecule has 0 unspecified atom stereocenters. The molecular formula is C12H17NO4. The molecule has 2 rings (SSSR count). The summed E-state index contributed by atoms with van der Waals surface area (Å²) in [6, 6.07) is 0. The summed E-state index contributed by atoms with van der Waals surface area (Å²) in [5.41, 5.74) is 0.750. The van der Waals surface area contributed by atoms with E-state index in [4.69, 9.17) is 14.6 Å². The zero-order valence-corrected chi connectivity index (χ0v) is 9.94. The van der Waals surface area contributed by atoms with E-state index in [-0.39, 0.29) is 12.5 Å². The maximum absolute atomic E-state index is 10.9. The van der Waals surface area contributed by atoms with Gasteiger partial charge in [-0.05, 0) is 12.8 Å². The lowest BCUT2D eigenvalue weighted by Gasteiger charge is -2.23. The van der Waals surface area contributed by atoms with Crippen molar-refractivity contribution in [1.29, 1.82) is 0 Å². The quantitative estimate of drug-likeness (QED) is 0.744. The molecule has 94 valence electrons. The van der Waals surface area contributed by atoms with E-state index in [0.29, 0.717) is 6.42 Å². The first-order chi connectivity index (χ1) is 8.22. The Hall–Kier alpha value is -1.65. The van der Waals surface area contributed by atoms with Crippen molar-refractivity contribution < 1.29 is 19.4 Å². The highest BCUT2D eigenvalue weighted by Crippen LogP contribution is 2.31. The van der Waals surface area contributed by atoms with E-state index in [1.807, 2.05) is 11.1 Å². The zero-order chi connectivity index (χ0) is 12.3. The molecule has 0 saturated heterocycles. The number of ether oxygens (including phenoxy) is 2. The maximum atomic E-state index is 10.9. The molecule has 0 bridgehead atoms. The number of carboxylic acid groups (broad SMARTS) is 1. The highest BCUT2D eigenvalue weighted by atomic mass is 16.5. The molecule has 5 heteroatoms. The summed E-state index contributed by atoms with van der Waals surface area (Å²) >= 11 is 0. The summed E-state index contributed by atoms with van der Waals surface area (Å²) in [4.78, 5) is 12.7. The fourth-order valence-electron chi connectivity index (χ4n) is 1.92. The van der Waals surface area contributed by atoms with Gasteiger partial charge in [-0.3, -0.25) is 0 Å². The standard InChI is InChI=1S/C12H17NO4/c1-2-3-6-16-9-4-5-10-11(12(14)15)17-8-13(10)7-9/h7H,2-6,8H2,1H3,(H,14,15). The molecule has 0 aromatic carbocycles. The van der Waals surface area contributed by atoms with Gasteiger partial charge in [0.05, 0.1) is 12.3 Å². The van der Waals surface area contributed by atoms with Gasteiger partial charge in [-0.1, -0.05) is 13.3 Å². The predicted molar refractivity (Wildman–Crippen MR) is 60.6 cm³/mol. The van der Waals surface area contributed by atoms with E-state index in [1.54, 1.807) is 0 Å². The summed E-state index contributed by atoms with van der Waals surface area (Å²) < 4.78 is 10.8. The van der Waals surface area contributed by atoms with Crippen LogP contribution in [-0.2, 0) is 14.3 Å². The SMILES string of the molecule is CCCCOC1=CN2COC(C(=O)O)=C2CC1. The van der Waals surface area contributed by atoms with Gasteiger partial charge in [-0.15, -0.1) is 0 Å². The number of unbranched alkanes of at least 4 members (excludes halogenated alkanes) is 1. The second-order valence-electron chi connectivity index (χ2n) is 4.12. The molecule has 2 aliphatic rings. The van der Waals surface area contributed by atoms with Crippen LogP contribution in [0.4, 0.5) is 0 Å². The number of nitrogens with zero attached hydrogens (tertiary/aromatic N) is 1. The lowest BCUT2D eigenvalue weighted by atomic mass is 10.1. The van der Waals surface area contributed by atoms with E-state index < -0.39 is 5.97 Å². The Morgan fingerprint density at radius 1 is 1.59 bits per heavy atom. The smallest absolute Gasteiger partial charge is 0.373 e. The van der Waals surface area contributed by atoms with E-state index in [2.05, 4.69) is 6.92 Å². The molecular weight excluding hydrogens is 222 g/mol. The Labute approximate surface area is 100 Å². The predicted octanol–water partition coefficient (Wildman–Crippen LogP) is 2.02. The van der Waals surface area contributed by atoms with Crippen LogP contribution in [0.5, 0.6) is 0 Å². The number of hydrogen-bond donors (Lipinski definition) is 1. The van der Waals surface area contributed by atoms with E-state index in [1.165, 1.54) is 0 Å². The topological polar surface area (TPSA) is 59.0 Å². The van der Waals surface area contributed by atoms with E-state index in [9.17, 15) is 4.79 Å². The van der Waals surface area contributed by atoms with Crippen molar-refractivity contribution in [3.05, 3.63) is 23.4 Å². The molecule has 5 nitrogen and oxygen atoms in total. The Balaban J connectivity index is 2.00. The zero-order valence-electron chi connectivity index (χ0n) is 9.94. The molecule has 1 N–H and O–H groups in total. The van der Waals surface area contributed by atoms with Crippen molar-refractivity contribution in [3.63, 3.8) is 0 Å². The minimum absolute atomic E-state index is 0.0776. The molecule has 0 fully saturated rings. The van der Waals surface area contributed by atoms with Crippen molar-refractivity contribution in [1.82, 2.24) is 4.90 Å². The summed E-state index contributed by atoms with van der Waals surface area (Å²) in [7, 11) is 0. The summed E-state index contributed by atoms with van der Waals surface area (Å²) in [5, 5.41) is 8.93. The third-order valence-corrected chi connectivity index (χ3v) is 2.84. The molecule has 0 atom stereocenters. The Bertz CT molecular complexity index is 373. The van der Waals surface area contributed by atoms with Crippen LogP contribution in [0.3, 0.4) is 0 Å². The lowest BCUT2D eigenvalue weighted by Crippen LogP contribution is -2.19. The average Bonchev–Trinajstić information content (AvgIpc) is 2.72. The largest absolute Gasteiger partial charge is 0.496 e. The van der Waals surface area contributed by atoms with Crippen molar-refractivity contribution in [2.45, 2.75) is 32.6 Å².